The summed E-state index contributed by atoms with van der Waals surface area (Å²) in [4.78, 5) is 11.3. The van der Waals surface area contributed by atoms with Crippen molar-refractivity contribution in [2.75, 3.05) is 13.7 Å². The van der Waals surface area contributed by atoms with Crippen LogP contribution in [0.3, 0.4) is 0 Å². The van der Waals surface area contributed by atoms with Crippen molar-refractivity contribution in [1.82, 2.24) is 15.6 Å². The monoisotopic (exact) mass is 346 g/mol. The van der Waals surface area contributed by atoms with Crippen molar-refractivity contribution in [3.05, 3.63) is 45.8 Å². The van der Waals surface area contributed by atoms with Crippen LogP contribution in [0, 0.1) is 6.92 Å². The molecular weight excluding hydrogens is 320 g/mol. The van der Waals surface area contributed by atoms with Crippen LogP contribution in [0.15, 0.2) is 35.5 Å². The minimum Gasteiger partial charge on any atom is -0.478 e. The van der Waals surface area contributed by atoms with Crippen LogP contribution >= 0.6 is 11.3 Å². The summed E-state index contributed by atoms with van der Waals surface area (Å²) in [6.07, 6.45) is 2.73. The molecule has 2 N–H and O–H groups in total. The van der Waals surface area contributed by atoms with Gasteiger partial charge in [0.1, 0.15) is 0 Å². The highest BCUT2D eigenvalue weighted by Crippen LogP contribution is 2.17. The minimum atomic E-state index is 0.300. The molecule has 0 fully saturated rings. The molecule has 0 aliphatic rings. The topological polar surface area (TPSA) is 58.5 Å². The number of hydrogen-bond donors (Lipinski definition) is 2. The number of ether oxygens (including phenoxy) is 1. The van der Waals surface area contributed by atoms with E-state index < -0.39 is 0 Å². The number of nitrogens with zero attached hydrogens (tertiary/aromatic N) is 2. The first kappa shape index (κ1) is 18.3. The maximum absolute atomic E-state index is 5.56. The molecule has 0 saturated carbocycles. The van der Waals surface area contributed by atoms with E-state index in [2.05, 4.69) is 46.6 Å². The van der Waals surface area contributed by atoms with Gasteiger partial charge in [-0.3, -0.25) is 4.99 Å². The van der Waals surface area contributed by atoms with Gasteiger partial charge in [-0.05, 0) is 39.0 Å². The van der Waals surface area contributed by atoms with Gasteiger partial charge >= 0.3 is 0 Å². The summed E-state index contributed by atoms with van der Waals surface area (Å²) in [6.45, 7) is 7.48. The minimum absolute atomic E-state index is 0.300. The number of aromatic nitrogens is 1. The normalized spacial score (nSPS) is 12.8. The fraction of sp³-hybridized carbons (Fsp3) is 0.444. The Bertz CT molecular complexity index is 669. The summed E-state index contributed by atoms with van der Waals surface area (Å²) in [5.41, 5.74) is 1.02. The van der Waals surface area contributed by atoms with Gasteiger partial charge in [-0.15, -0.1) is 11.3 Å². The highest BCUT2D eigenvalue weighted by molar-refractivity contribution is 7.11. The number of aliphatic imine (C=N–C) groups is 1. The lowest BCUT2D eigenvalue weighted by atomic mass is 10.2. The third-order valence-electron chi connectivity index (χ3n) is 3.49. The van der Waals surface area contributed by atoms with E-state index in [0.717, 1.165) is 17.9 Å². The van der Waals surface area contributed by atoms with E-state index in [-0.39, 0.29) is 0 Å². The van der Waals surface area contributed by atoms with Gasteiger partial charge < -0.3 is 15.4 Å². The molecule has 0 aromatic carbocycles. The summed E-state index contributed by atoms with van der Waals surface area (Å²) in [7, 11) is 1.78. The number of guanidine groups is 1. The Morgan fingerprint density at radius 1 is 1.38 bits per heavy atom. The molecule has 130 valence electrons. The highest BCUT2D eigenvalue weighted by Gasteiger charge is 2.09. The Hall–Kier alpha value is -2.08. The average Bonchev–Trinajstić information content (AvgIpc) is 2.97. The molecule has 0 aliphatic carbocycles. The molecule has 2 aromatic heterocycles. The number of nitrogens with one attached hydrogen (secondary N) is 2. The van der Waals surface area contributed by atoms with E-state index in [9.17, 15) is 0 Å². The van der Waals surface area contributed by atoms with Crippen LogP contribution in [0.2, 0.25) is 0 Å². The van der Waals surface area contributed by atoms with Gasteiger partial charge in [0, 0.05) is 47.6 Å². The van der Waals surface area contributed by atoms with Crippen LogP contribution in [0.5, 0.6) is 5.88 Å². The van der Waals surface area contributed by atoms with Crippen LogP contribution in [0.1, 0.15) is 29.2 Å². The van der Waals surface area contributed by atoms with Crippen molar-refractivity contribution in [3.8, 4) is 5.88 Å². The van der Waals surface area contributed by atoms with E-state index in [4.69, 9.17) is 4.74 Å². The van der Waals surface area contributed by atoms with E-state index in [0.29, 0.717) is 25.1 Å². The molecule has 24 heavy (non-hydrogen) atoms. The molecule has 0 radical (unpaired) electrons. The maximum atomic E-state index is 5.56. The molecule has 0 amide bonds. The predicted molar refractivity (Wildman–Crippen MR) is 101 cm³/mol. The van der Waals surface area contributed by atoms with Gasteiger partial charge in [0.2, 0.25) is 5.88 Å². The van der Waals surface area contributed by atoms with Gasteiger partial charge in [-0.2, -0.15) is 0 Å². The summed E-state index contributed by atoms with van der Waals surface area (Å²) in [5.74, 6) is 1.45. The number of pyridine rings is 1. The van der Waals surface area contributed by atoms with E-state index in [1.165, 1.54) is 9.75 Å². The molecule has 2 heterocycles. The Balaban J connectivity index is 1.88. The van der Waals surface area contributed by atoms with Crippen LogP contribution < -0.4 is 15.4 Å². The molecule has 5 nitrogen and oxygen atoms in total. The molecule has 1 atom stereocenters. The molecule has 0 bridgehead atoms. The van der Waals surface area contributed by atoms with Gasteiger partial charge in [-0.1, -0.05) is 6.07 Å². The van der Waals surface area contributed by atoms with Crippen molar-refractivity contribution in [2.45, 2.75) is 39.8 Å². The third-order valence-corrected chi connectivity index (χ3v) is 4.51. The molecule has 0 spiro atoms. The first-order chi connectivity index (χ1) is 11.6. The SMILES string of the molecule is CCOc1ncccc1CNC(=NC)NC(C)Cc1ccc(C)s1. The van der Waals surface area contributed by atoms with Gasteiger partial charge in [0.25, 0.3) is 0 Å². The summed E-state index contributed by atoms with van der Waals surface area (Å²) in [5, 5.41) is 6.76. The zero-order chi connectivity index (χ0) is 17.4. The first-order valence-corrected chi connectivity index (χ1v) is 9.03. The second-order valence-corrected chi connectivity index (χ2v) is 6.96. The lowest BCUT2D eigenvalue weighted by Crippen LogP contribution is -2.42. The van der Waals surface area contributed by atoms with Crippen molar-refractivity contribution >= 4 is 17.3 Å². The predicted octanol–water partition coefficient (Wildman–Crippen LogP) is 3.15. The Morgan fingerprint density at radius 3 is 2.88 bits per heavy atom. The smallest absolute Gasteiger partial charge is 0.218 e. The third kappa shape index (κ3) is 5.53. The lowest BCUT2D eigenvalue weighted by molar-refractivity contribution is 0.322. The number of rotatable bonds is 7. The molecule has 6 heteroatoms. The Morgan fingerprint density at radius 2 is 2.21 bits per heavy atom. The van der Waals surface area contributed by atoms with E-state index in [1.807, 2.05) is 30.4 Å². The van der Waals surface area contributed by atoms with Crippen LogP contribution in [-0.2, 0) is 13.0 Å². The summed E-state index contributed by atoms with van der Waals surface area (Å²) in [6, 6.07) is 8.58. The average molecular weight is 347 g/mol. The van der Waals surface area contributed by atoms with Crippen LogP contribution in [-0.4, -0.2) is 30.6 Å². The number of thiophene rings is 1. The molecule has 2 rings (SSSR count). The van der Waals surface area contributed by atoms with Gasteiger partial charge in [0.05, 0.1) is 6.61 Å². The number of hydrogen-bond acceptors (Lipinski definition) is 4. The van der Waals surface area contributed by atoms with Crippen molar-refractivity contribution in [2.24, 2.45) is 4.99 Å². The molecular formula is C18H26N4OS. The molecule has 1 unspecified atom stereocenters. The lowest BCUT2D eigenvalue weighted by Gasteiger charge is -2.18. The first-order valence-electron chi connectivity index (χ1n) is 8.21. The maximum Gasteiger partial charge on any atom is 0.218 e. The molecule has 0 saturated heterocycles. The fourth-order valence-electron chi connectivity index (χ4n) is 2.38. The van der Waals surface area contributed by atoms with E-state index in [1.54, 1.807) is 13.2 Å². The van der Waals surface area contributed by atoms with Crippen molar-refractivity contribution < 1.29 is 4.74 Å². The fourth-order valence-corrected chi connectivity index (χ4v) is 3.40. The second kappa shape index (κ2) is 9.27. The standard InChI is InChI=1S/C18H26N4OS/c1-5-23-17-15(7-6-10-20-17)12-21-18(19-4)22-13(2)11-16-9-8-14(3)24-16/h6-10,13H,5,11-12H2,1-4H3,(H2,19,21,22). The zero-order valence-corrected chi connectivity index (χ0v) is 15.6. The van der Waals surface area contributed by atoms with Gasteiger partial charge in [0.15, 0.2) is 5.96 Å². The summed E-state index contributed by atoms with van der Waals surface area (Å²) >= 11 is 1.84. The second-order valence-electron chi connectivity index (χ2n) is 5.59. The molecule has 0 aliphatic heterocycles. The van der Waals surface area contributed by atoms with Crippen molar-refractivity contribution in [3.63, 3.8) is 0 Å². The Kier molecular flexibility index (Phi) is 7.06. The summed E-state index contributed by atoms with van der Waals surface area (Å²) < 4.78 is 5.56. The van der Waals surface area contributed by atoms with E-state index >= 15 is 0 Å². The van der Waals surface area contributed by atoms with Gasteiger partial charge in [-0.25, -0.2) is 4.98 Å². The zero-order valence-electron chi connectivity index (χ0n) is 14.8. The quantitative estimate of drug-likeness (QED) is 0.597. The highest BCUT2D eigenvalue weighted by atomic mass is 32.1. The Labute approximate surface area is 148 Å². The van der Waals surface area contributed by atoms with Crippen LogP contribution in [0.4, 0.5) is 0 Å². The van der Waals surface area contributed by atoms with Crippen molar-refractivity contribution in [1.29, 1.82) is 0 Å². The number of aryl methyl sites for hydroxylation is 1. The largest absolute Gasteiger partial charge is 0.478 e. The van der Waals surface area contributed by atoms with Crippen LogP contribution in [0.25, 0.3) is 0 Å². The molecule has 2 aromatic rings.